The van der Waals surface area contributed by atoms with Crippen LogP contribution in [0, 0.1) is 0 Å². The van der Waals surface area contributed by atoms with Gasteiger partial charge in [0.1, 0.15) is 0 Å². The lowest BCUT2D eigenvalue weighted by Crippen LogP contribution is -2.45. The van der Waals surface area contributed by atoms with Crippen LogP contribution in [0.25, 0.3) is 0 Å². The topological polar surface area (TPSA) is 24.5 Å². The Labute approximate surface area is 87.8 Å². The Morgan fingerprint density at radius 1 is 1.50 bits per heavy atom. The summed E-state index contributed by atoms with van der Waals surface area (Å²) in [6.45, 7) is 9.91. The predicted octanol–water partition coefficient (Wildman–Crippen LogP) is 1.09. The van der Waals surface area contributed by atoms with Crippen molar-refractivity contribution in [2.45, 2.75) is 45.3 Å². The molecule has 3 atom stereocenters. The van der Waals surface area contributed by atoms with Gasteiger partial charge in [-0.2, -0.15) is 0 Å². The van der Waals surface area contributed by atoms with Crippen LogP contribution < -0.4 is 5.32 Å². The van der Waals surface area contributed by atoms with Crippen LogP contribution in [0.4, 0.5) is 0 Å². The van der Waals surface area contributed by atoms with E-state index in [4.69, 9.17) is 4.74 Å². The lowest BCUT2D eigenvalue weighted by molar-refractivity contribution is 0.0742. The zero-order chi connectivity index (χ0) is 10.6. The molecule has 1 aliphatic heterocycles. The second-order valence-electron chi connectivity index (χ2n) is 4.49. The smallest absolute Gasteiger partial charge is 0.0615 e. The van der Waals surface area contributed by atoms with Crippen LogP contribution in [0.2, 0.25) is 0 Å². The van der Waals surface area contributed by atoms with E-state index in [9.17, 15) is 0 Å². The maximum absolute atomic E-state index is 5.22. The van der Waals surface area contributed by atoms with Crippen molar-refractivity contribution < 1.29 is 4.74 Å². The van der Waals surface area contributed by atoms with E-state index < -0.39 is 0 Å². The van der Waals surface area contributed by atoms with E-state index in [1.165, 1.54) is 6.42 Å². The van der Waals surface area contributed by atoms with Gasteiger partial charge in [0.2, 0.25) is 0 Å². The molecule has 0 saturated carbocycles. The fourth-order valence-corrected chi connectivity index (χ4v) is 2.22. The van der Waals surface area contributed by atoms with Crippen molar-refractivity contribution in [3.63, 3.8) is 0 Å². The van der Waals surface area contributed by atoms with Crippen molar-refractivity contribution in [3.8, 4) is 0 Å². The van der Waals surface area contributed by atoms with Gasteiger partial charge in [0.25, 0.3) is 0 Å². The molecule has 3 heteroatoms. The average Bonchev–Trinajstić information content (AvgIpc) is 2.29. The Bertz CT molecular complexity index is 163. The minimum atomic E-state index is 0.525. The van der Waals surface area contributed by atoms with Crippen molar-refractivity contribution in [2.75, 3.05) is 26.8 Å². The summed E-state index contributed by atoms with van der Waals surface area (Å²) in [6, 6.07) is 1.79. The minimum absolute atomic E-state index is 0.525. The molecule has 1 N–H and O–H groups in total. The highest BCUT2D eigenvalue weighted by molar-refractivity contribution is 4.81. The first-order valence-corrected chi connectivity index (χ1v) is 5.63. The molecule has 0 aliphatic carbocycles. The maximum Gasteiger partial charge on any atom is 0.0615 e. The summed E-state index contributed by atoms with van der Waals surface area (Å²) in [5.41, 5.74) is 0. The first-order chi connectivity index (χ1) is 6.65. The predicted molar refractivity (Wildman–Crippen MR) is 59.6 cm³/mol. The molecule has 1 aliphatic rings. The zero-order valence-corrected chi connectivity index (χ0v) is 9.92. The third-order valence-corrected chi connectivity index (χ3v) is 3.08. The molecule has 0 aromatic heterocycles. The molecule has 84 valence electrons. The molecule has 3 nitrogen and oxygen atoms in total. The Hall–Kier alpha value is -0.120. The highest BCUT2D eigenvalue weighted by Crippen LogP contribution is 2.12. The molecule has 0 spiro atoms. The van der Waals surface area contributed by atoms with Crippen LogP contribution in [0.3, 0.4) is 0 Å². The van der Waals surface area contributed by atoms with E-state index in [1.807, 2.05) is 0 Å². The average molecular weight is 200 g/mol. The van der Waals surface area contributed by atoms with Crippen LogP contribution in [0.1, 0.15) is 27.2 Å². The molecule has 1 heterocycles. The van der Waals surface area contributed by atoms with Crippen LogP contribution in [-0.2, 0) is 4.74 Å². The summed E-state index contributed by atoms with van der Waals surface area (Å²) < 4.78 is 5.22. The van der Waals surface area contributed by atoms with E-state index in [-0.39, 0.29) is 0 Å². The molecule has 14 heavy (non-hydrogen) atoms. The number of rotatable bonds is 3. The number of ether oxygens (including phenoxy) is 1. The molecule has 0 aromatic rings. The second kappa shape index (κ2) is 5.69. The quantitative estimate of drug-likeness (QED) is 0.738. The van der Waals surface area contributed by atoms with Gasteiger partial charge >= 0.3 is 0 Å². The third kappa shape index (κ3) is 3.23. The van der Waals surface area contributed by atoms with Crippen LogP contribution in [0.15, 0.2) is 0 Å². The molecule has 0 aromatic carbocycles. The summed E-state index contributed by atoms with van der Waals surface area (Å²) in [5.74, 6) is 0. The number of nitrogens with zero attached hydrogens (tertiary/aromatic N) is 1. The monoisotopic (exact) mass is 200 g/mol. The molecule has 1 saturated heterocycles. The van der Waals surface area contributed by atoms with Crippen molar-refractivity contribution >= 4 is 0 Å². The van der Waals surface area contributed by atoms with E-state index in [0.717, 1.165) is 19.7 Å². The maximum atomic E-state index is 5.22. The van der Waals surface area contributed by atoms with Gasteiger partial charge in [0.05, 0.1) is 6.61 Å². The van der Waals surface area contributed by atoms with E-state index in [0.29, 0.717) is 18.1 Å². The Kier molecular flexibility index (Phi) is 4.85. The van der Waals surface area contributed by atoms with Gasteiger partial charge in [-0.15, -0.1) is 0 Å². The van der Waals surface area contributed by atoms with Crippen LogP contribution in [-0.4, -0.2) is 49.8 Å². The van der Waals surface area contributed by atoms with Crippen molar-refractivity contribution in [1.82, 2.24) is 10.2 Å². The lowest BCUT2D eigenvalue weighted by Gasteiger charge is -2.33. The second-order valence-corrected chi connectivity index (χ2v) is 4.49. The summed E-state index contributed by atoms with van der Waals surface area (Å²) in [7, 11) is 1.78. The molecule has 0 bridgehead atoms. The van der Waals surface area contributed by atoms with Crippen LogP contribution in [0.5, 0.6) is 0 Å². The lowest BCUT2D eigenvalue weighted by atomic mass is 10.1. The molecular weight excluding hydrogens is 176 g/mol. The Balaban J connectivity index is 2.52. The molecule has 0 amide bonds. The fourth-order valence-electron chi connectivity index (χ4n) is 2.22. The van der Waals surface area contributed by atoms with Crippen molar-refractivity contribution in [3.05, 3.63) is 0 Å². The number of methoxy groups -OCH3 is 1. The summed E-state index contributed by atoms with van der Waals surface area (Å²) in [5, 5.41) is 3.52. The van der Waals surface area contributed by atoms with Crippen LogP contribution >= 0.6 is 0 Å². The molecule has 3 unspecified atom stereocenters. The van der Waals surface area contributed by atoms with Crippen molar-refractivity contribution in [1.29, 1.82) is 0 Å². The third-order valence-electron chi connectivity index (χ3n) is 3.08. The standard InChI is InChI=1S/C11H24N2O/c1-9-7-13(11(3)8-14-4)10(2)5-6-12-9/h9-12H,5-8H2,1-4H3. The normalized spacial score (nSPS) is 32.6. The number of hydrogen-bond donors (Lipinski definition) is 1. The fraction of sp³-hybridized carbons (Fsp3) is 1.00. The van der Waals surface area contributed by atoms with Gasteiger partial charge in [-0.05, 0) is 33.7 Å². The molecule has 1 fully saturated rings. The molecule has 1 rings (SSSR count). The molecular formula is C11H24N2O. The van der Waals surface area contributed by atoms with Gasteiger partial charge < -0.3 is 10.1 Å². The van der Waals surface area contributed by atoms with Gasteiger partial charge in [-0.1, -0.05) is 0 Å². The Morgan fingerprint density at radius 3 is 2.86 bits per heavy atom. The SMILES string of the molecule is COCC(C)N1CC(C)NCCC1C. The number of nitrogens with one attached hydrogen (secondary N) is 1. The highest BCUT2D eigenvalue weighted by Gasteiger charge is 2.24. The summed E-state index contributed by atoms with van der Waals surface area (Å²) in [6.07, 6.45) is 1.23. The van der Waals surface area contributed by atoms with Gasteiger partial charge in [0.15, 0.2) is 0 Å². The van der Waals surface area contributed by atoms with E-state index in [2.05, 4.69) is 31.0 Å². The van der Waals surface area contributed by atoms with E-state index >= 15 is 0 Å². The minimum Gasteiger partial charge on any atom is -0.383 e. The van der Waals surface area contributed by atoms with Gasteiger partial charge in [-0.25, -0.2) is 0 Å². The van der Waals surface area contributed by atoms with Gasteiger partial charge in [-0.3, -0.25) is 4.90 Å². The highest BCUT2D eigenvalue weighted by atomic mass is 16.5. The largest absolute Gasteiger partial charge is 0.383 e. The van der Waals surface area contributed by atoms with E-state index in [1.54, 1.807) is 7.11 Å². The zero-order valence-electron chi connectivity index (χ0n) is 9.92. The summed E-state index contributed by atoms with van der Waals surface area (Å²) >= 11 is 0. The number of hydrogen-bond acceptors (Lipinski definition) is 3. The summed E-state index contributed by atoms with van der Waals surface area (Å²) in [4.78, 5) is 2.55. The molecule has 0 radical (unpaired) electrons. The first-order valence-electron chi connectivity index (χ1n) is 5.63. The van der Waals surface area contributed by atoms with Gasteiger partial charge in [0, 0.05) is 31.8 Å². The van der Waals surface area contributed by atoms with Crippen molar-refractivity contribution in [2.24, 2.45) is 0 Å². The Morgan fingerprint density at radius 2 is 2.21 bits per heavy atom. The first kappa shape index (κ1) is 12.0.